The van der Waals surface area contributed by atoms with Crippen LogP contribution in [0.1, 0.15) is 28.0 Å². The number of piperazine rings is 1. The second kappa shape index (κ2) is 6.14. The third-order valence-electron chi connectivity index (χ3n) is 4.65. The Morgan fingerprint density at radius 2 is 1.88 bits per heavy atom. The van der Waals surface area contributed by atoms with E-state index >= 15 is 0 Å². The number of hydrogen-bond donors (Lipinski definition) is 0. The van der Waals surface area contributed by atoms with Gasteiger partial charge in [0.25, 0.3) is 5.91 Å². The van der Waals surface area contributed by atoms with Crippen molar-refractivity contribution in [1.29, 1.82) is 0 Å². The molecule has 0 atom stereocenters. The van der Waals surface area contributed by atoms with E-state index < -0.39 is 5.82 Å². The highest BCUT2D eigenvalue weighted by Crippen LogP contribution is 2.23. The lowest BCUT2D eigenvalue weighted by molar-refractivity contribution is 0.0745. The second-order valence-corrected chi connectivity index (χ2v) is 6.20. The fourth-order valence-electron chi connectivity index (χ4n) is 3.32. The van der Waals surface area contributed by atoms with Crippen molar-refractivity contribution in [2.24, 2.45) is 0 Å². The summed E-state index contributed by atoms with van der Waals surface area (Å²) in [7, 11) is 0. The lowest BCUT2D eigenvalue weighted by Gasteiger charge is -2.35. The summed E-state index contributed by atoms with van der Waals surface area (Å²) in [5, 5.41) is 8.65. The molecule has 2 aliphatic rings. The highest BCUT2D eigenvalue weighted by atomic mass is 19.1. The van der Waals surface area contributed by atoms with E-state index in [1.807, 2.05) is 0 Å². The second-order valence-electron chi connectivity index (χ2n) is 6.20. The topological polar surface area (TPSA) is 62.2 Å². The first-order valence-corrected chi connectivity index (χ1v) is 8.21. The van der Waals surface area contributed by atoms with E-state index in [1.165, 1.54) is 17.8 Å². The maximum Gasteiger partial charge on any atom is 0.255 e. The Labute approximate surface area is 139 Å². The van der Waals surface area contributed by atoms with E-state index in [0.717, 1.165) is 37.0 Å². The molecular weight excluding hydrogens is 309 g/mol. The number of anilines is 1. The Bertz CT molecular complexity index is 773. The van der Waals surface area contributed by atoms with Crippen LogP contribution in [-0.4, -0.2) is 52.2 Å². The summed E-state index contributed by atoms with van der Waals surface area (Å²) in [6, 6.07) is 3.36. The van der Waals surface area contributed by atoms with Crippen molar-refractivity contribution < 1.29 is 9.18 Å². The molecule has 0 radical (unpaired) electrons. The summed E-state index contributed by atoms with van der Waals surface area (Å²) in [5.74, 6) is 0.213. The number of nitrogens with zero attached hydrogens (tertiary/aromatic N) is 5. The molecule has 0 N–H and O–H groups in total. The van der Waals surface area contributed by atoms with Gasteiger partial charge in [0.2, 0.25) is 0 Å². The predicted octanol–water partition coefficient (Wildman–Crippen LogP) is 1.46. The molecule has 1 amide bonds. The number of fused-ring (bicyclic) bond motifs is 1. The van der Waals surface area contributed by atoms with Gasteiger partial charge in [-0.15, -0.1) is 5.10 Å². The zero-order valence-corrected chi connectivity index (χ0v) is 13.3. The third-order valence-corrected chi connectivity index (χ3v) is 4.65. The van der Waals surface area contributed by atoms with Crippen molar-refractivity contribution >= 4 is 11.7 Å². The standard InChI is InChI=1S/C17H18FN5O/c18-14-8-13(10-19-11-14)17(24)23-6-4-22(5-7-23)16-9-12-2-1-3-15(12)20-21-16/h8-11H,1-7H2. The molecule has 4 rings (SSSR count). The maximum atomic E-state index is 13.2. The zero-order valence-electron chi connectivity index (χ0n) is 13.3. The Hall–Kier alpha value is -2.57. The molecule has 0 unspecified atom stereocenters. The molecule has 0 saturated carbocycles. The van der Waals surface area contributed by atoms with Gasteiger partial charge in [0.1, 0.15) is 5.82 Å². The maximum absolute atomic E-state index is 13.2. The van der Waals surface area contributed by atoms with Crippen LogP contribution in [0.15, 0.2) is 24.5 Å². The minimum atomic E-state index is -0.493. The van der Waals surface area contributed by atoms with Crippen molar-refractivity contribution in [3.8, 4) is 0 Å². The number of amides is 1. The quantitative estimate of drug-likeness (QED) is 0.836. The Morgan fingerprint density at radius 1 is 1.04 bits per heavy atom. The van der Waals surface area contributed by atoms with Crippen LogP contribution in [0, 0.1) is 5.82 Å². The molecule has 1 fully saturated rings. The highest BCUT2D eigenvalue weighted by molar-refractivity contribution is 5.94. The van der Waals surface area contributed by atoms with Gasteiger partial charge in [0, 0.05) is 32.4 Å². The van der Waals surface area contributed by atoms with Crippen LogP contribution in [0.5, 0.6) is 0 Å². The van der Waals surface area contributed by atoms with Gasteiger partial charge in [-0.25, -0.2) is 4.39 Å². The average Bonchev–Trinajstić information content (AvgIpc) is 3.09. The first kappa shape index (κ1) is 15.0. The Balaban J connectivity index is 1.42. The van der Waals surface area contributed by atoms with E-state index in [0.29, 0.717) is 31.7 Å². The Morgan fingerprint density at radius 3 is 2.67 bits per heavy atom. The summed E-state index contributed by atoms with van der Waals surface area (Å²) in [6.07, 6.45) is 5.75. The van der Waals surface area contributed by atoms with Crippen LogP contribution < -0.4 is 4.90 Å². The summed E-state index contributed by atoms with van der Waals surface area (Å²) >= 11 is 0. The molecule has 3 heterocycles. The number of carbonyl (C=O) groups excluding carboxylic acids is 1. The third kappa shape index (κ3) is 2.81. The van der Waals surface area contributed by atoms with Crippen molar-refractivity contribution in [3.05, 3.63) is 47.2 Å². The molecule has 0 bridgehead atoms. The van der Waals surface area contributed by atoms with Crippen molar-refractivity contribution in [2.45, 2.75) is 19.3 Å². The minimum absolute atomic E-state index is 0.179. The van der Waals surface area contributed by atoms with E-state index in [9.17, 15) is 9.18 Å². The molecule has 7 heteroatoms. The van der Waals surface area contributed by atoms with Crippen LogP contribution in [-0.2, 0) is 12.8 Å². The fraction of sp³-hybridized carbons (Fsp3) is 0.412. The largest absolute Gasteiger partial charge is 0.352 e. The van der Waals surface area contributed by atoms with Crippen LogP contribution in [0.25, 0.3) is 0 Å². The van der Waals surface area contributed by atoms with E-state index in [1.54, 1.807) is 4.90 Å². The van der Waals surface area contributed by atoms with Crippen molar-refractivity contribution in [1.82, 2.24) is 20.1 Å². The van der Waals surface area contributed by atoms with Crippen LogP contribution in [0.2, 0.25) is 0 Å². The molecule has 2 aromatic rings. The fourth-order valence-corrected chi connectivity index (χ4v) is 3.32. The molecule has 0 aromatic carbocycles. The van der Waals surface area contributed by atoms with Gasteiger partial charge in [-0.2, -0.15) is 5.10 Å². The van der Waals surface area contributed by atoms with E-state index in [4.69, 9.17) is 0 Å². The molecule has 1 aliphatic carbocycles. The summed E-state index contributed by atoms with van der Waals surface area (Å²) in [4.78, 5) is 20.0. The highest BCUT2D eigenvalue weighted by Gasteiger charge is 2.24. The summed E-state index contributed by atoms with van der Waals surface area (Å²) in [6.45, 7) is 2.55. The first-order valence-electron chi connectivity index (χ1n) is 8.21. The van der Waals surface area contributed by atoms with Gasteiger partial charge in [0.15, 0.2) is 5.82 Å². The van der Waals surface area contributed by atoms with Gasteiger partial charge in [-0.1, -0.05) is 0 Å². The molecule has 124 valence electrons. The average molecular weight is 327 g/mol. The van der Waals surface area contributed by atoms with Crippen LogP contribution >= 0.6 is 0 Å². The van der Waals surface area contributed by atoms with Gasteiger partial charge >= 0.3 is 0 Å². The van der Waals surface area contributed by atoms with Gasteiger partial charge in [0.05, 0.1) is 17.5 Å². The molecule has 0 spiro atoms. The zero-order chi connectivity index (χ0) is 16.5. The minimum Gasteiger partial charge on any atom is -0.352 e. The van der Waals surface area contributed by atoms with Crippen LogP contribution in [0.3, 0.4) is 0 Å². The summed E-state index contributed by atoms with van der Waals surface area (Å²) in [5.41, 5.74) is 2.70. The number of carbonyl (C=O) groups is 1. The first-order chi connectivity index (χ1) is 11.7. The molecule has 2 aromatic heterocycles. The molecule has 1 saturated heterocycles. The lowest BCUT2D eigenvalue weighted by atomic mass is 10.2. The van der Waals surface area contributed by atoms with E-state index in [-0.39, 0.29) is 5.91 Å². The normalized spacial score (nSPS) is 17.0. The number of rotatable bonds is 2. The van der Waals surface area contributed by atoms with Crippen LogP contribution in [0.4, 0.5) is 10.2 Å². The number of hydrogen-bond acceptors (Lipinski definition) is 5. The smallest absolute Gasteiger partial charge is 0.255 e. The van der Waals surface area contributed by atoms with Gasteiger partial charge in [-0.05, 0) is 37.0 Å². The predicted molar refractivity (Wildman–Crippen MR) is 86.4 cm³/mol. The molecule has 6 nitrogen and oxygen atoms in total. The molecular formula is C17H18FN5O. The number of halogens is 1. The number of aryl methyl sites for hydroxylation is 2. The van der Waals surface area contributed by atoms with Crippen molar-refractivity contribution in [3.63, 3.8) is 0 Å². The number of pyridine rings is 1. The summed E-state index contributed by atoms with van der Waals surface area (Å²) < 4.78 is 13.2. The van der Waals surface area contributed by atoms with Gasteiger partial charge in [-0.3, -0.25) is 9.78 Å². The monoisotopic (exact) mass is 327 g/mol. The number of aromatic nitrogens is 3. The molecule has 1 aliphatic heterocycles. The SMILES string of the molecule is O=C(c1cncc(F)c1)N1CCN(c2cc3c(nn2)CCC3)CC1. The van der Waals surface area contributed by atoms with Gasteiger partial charge < -0.3 is 9.80 Å². The van der Waals surface area contributed by atoms with E-state index in [2.05, 4.69) is 26.1 Å². The molecule has 24 heavy (non-hydrogen) atoms. The Kier molecular flexibility index (Phi) is 3.84. The van der Waals surface area contributed by atoms with Crippen molar-refractivity contribution in [2.75, 3.05) is 31.1 Å². The lowest BCUT2D eigenvalue weighted by Crippen LogP contribution is -2.49.